The van der Waals surface area contributed by atoms with Crippen molar-refractivity contribution in [1.29, 1.82) is 0 Å². The standard InChI is InChI=1S/C24H26N2O4/c27-22(19-10-5-2-6-11-19)20-21(18-8-3-1-4-9-18)26(24(29)23(20)28)13-7-12-25-14-16-30-17-15-25/h1-6,8-11,21,27H,7,12-17H2/b22-20-. The van der Waals surface area contributed by atoms with Crippen molar-refractivity contribution in [1.82, 2.24) is 9.80 Å². The first kappa shape index (κ1) is 20.3. The highest BCUT2D eigenvalue weighted by Crippen LogP contribution is 2.39. The molecule has 2 fully saturated rings. The third-order valence-corrected chi connectivity index (χ3v) is 5.68. The Kier molecular flexibility index (Phi) is 6.26. The molecule has 0 aromatic heterocycles. The van der Waals surface area contributed by atoms with Crippen molar-refractivity contribution >= 4 is 17.4 Å². The molecule has 0 bridgehead atoms. The zero-order valence-corrected chi connectivity index (χ0v) is 16.9. The van der Waals surface area contributed by atoms with E-state index in [1.54, 1.807) is 29.2 Å². The van der Waals surface area contributed by atoms with Crippen LogP contribution in [0.5, 0.6) is 0 Å². The van der Waals surface area contributed by atoms with E-state index in [0.717, 1.165) is 44.8 Å². The van der Waals surface area contributed by atoms with E-state index in [2.05, 4.69) is 4.90 Å². The van der Waals surface area contributed by atoms with Gasteiger partial charge in [0, 0.05) is 31.7 Å². The van der Waals surface area contributed by atoms with Crippen LogP contribution in [0.15, 0.2) is 66.2 Å². The number of ether oxygens (including phenoxy) is 1. The Balaban J connectivity index is 1.63. The minimum absolute atomic E-state index is 0.126. The fraction of sp³-hybridized carbons (Fsp3) is 0.333. The van der Waals surface area contributed by atoms with Gasteiger partial charge < -0.3 is 14.7 Å². The number of nitrogens with zero attached hydrogens (tertiary/aromatic N) is 2. The zero-order valence-electron chi connectivity index (χ0n) is 16.9. The van der Waals surface area contributed by atoms with Crippen LogP contribution in [0.25, 0.3) is 5.76 Å². The quantitative estimate of drug-likeness (QED) is 0.454. The molecule has 2 aliphatic rings. The van der Waals surface area contributed by atoms with Crippen molar-refractivity contribution in [2.45, 2.75) is 12.5 Å². The predicted molar refractivity (Wildman–Crippen MR) is 114 cm³/mol. The average molecular weight is 406 g/mol. The first-order valence-corrected chi connectivity index (χ1v) is 10.4. The maximum atomic E-state index is 12.9. The van der Waals surface area contributed by atoms with E-state index in [9.17, 15) is 14.7 Å². The largest absolute Gasteiger partial charge is 0.507 e. The lowest BCUT2D eigenvalue weighted by atomic mass is 9.95. The number of hydrogen-bond donors (Lipinski definition) is 1. The van der Waals surface area contributed by atoms with Gasteiger partial charge >= 0.3 is 0 Å². The lowest BCUT2D eigenvalue weighted by Crippen LogP contribution is -2.38. The van der Waals surface area contributed by atoms with Crippen LogP contribution in [0.1, 0.15) is 23.6 Å². The summed E-state index contributed by atoms with van der Waals surface area (Å²) in [6.45, 7) is 4.51. The summed E-state index contributed by atoms with van der Waals surface area (Å²) in [6.07, 6.45) is 0.752. The summed E-state index contributed by atoms with van der Waals surface area (Å²) < 4.78 is 5.38. The number of aliphatic hydroxyl groups is 1. The van der Waals surface area contributed by atoms with Crippen molar-refractivity contribution in [2.75, 3.05) is 39.4 Å². The molecule has 1 atom stereocenters. The number of rotatable bonds is 6. The van der Waals surface area contributed by atoms with Crippen molar-refractivity contribution in [3.05, 3.63) is 77.4 Å². The molecule has 2 heterocycles. The Morgan fingerprint density at radius 3 is 2.23 bits per heavy atom. The predicted octanol–water partition coefficient (Wildman–Crippen LogP) is 2.83. The smallest absolute Gasteiger partial charge is 0.295 e. The van der Waals surface area contributed by atoms with Crippen molar-refractivity contribution in [3.63, 3.8) is 0 Å². The molecule has 2 aliphatic heterocycles. The van der Waals surface area contributed by atoms with E-state index >= 15 is 0 Å². The van der Waals surface area contributed by atoms with Crippen LogP contribution in [0.4, 0.5) is 0 Å². The summed E-state index contributed by atoms with van der Waals surface area (Å²) >= 11 is 0. The number of carbonyl (C=O) groups excluding carboxylic acids is 2. The van der Waals surface area contributed by atoms with E-state index < -0.39 is 17.7 Å². The Morgan fingerprint density at radius 2 is 1.57 bits per heavy atom. The second kappa shape index (κ2) is 9.24. The molecule has 1 unspecified atom stereocenters. The monoisotopic (exact) mass is 406 g/mol. The molecule has 0 radical (unpaired) electrons. The number of Topliss-reactive ketones (excluding diaryl/α,β-unsaturated/α-hetero) is 1. The Morgan fingerprint density at radius 1 is 0.933 bits per heavy atom. The number of hydrogen-bond acceptors (Lipinski definition) is 5. The van der Waals surface area contributed by atoms with Gasteiger partial charge in [0.2, 0.25) is 0 Å². The second-order valence-corrected chi connectivity index (χ2v) is 7.58. The van der Waals surface area contributed by atoms with Gasteiger partial charge in [-0.2, -0.15) is 0 Å². The summed E-state index contributed by atoms with van der Waals surface area (Å²) in [5.74, 6) is -1.31. The molecular formula is C24H26N2O4. The molecule has 2 aromatic rings. The summed E-state index contributed by atoms with van der Waals surface area (Å²) in [4.78, 5) is 29.8. The van der Waals surface area contributed by atoms with Crippen molar-refractivity contribution < 1.29 is 19.4 Å². The Hall–Kier alpha value is -2.96. The molecule has 4 rings (SSSR count). The molecule has 6 nitrogen and oxygen atoms in total. The average Bonchev–Trinajstić information content (AvgIpc) is 3.05. The molecule has 0 aliphatic carbocycles. The Labute approximate surface area is 176 Å². The normalized spacial score (nSPS) is 21.9. The minimum atomic E-state index is -0.628. The molecule has 6 heteroatoms. The van der Waals surface area contributed by atoms with Crippen molar-refractivity contribution in [2.24, 2.45) is 0 Å². The fourth-order valence-corrected chi connectivity index (χ4v) is 4.13. The highest BCUT2D eigenvalue weighted by Gasteiger charge is 2.45. The molecule has 30 heavy (non-hydrogen) atoms. The number of carbonyl (C=O) groups is 2. The van der Waals surface area contributed by atoms with Gasteiger partial charge in [0.05, 0.1) is 24.8 Å². The summed E-state index contributed by atoms with van der Waals surface area (Å²) in [5, 5.41) is 10.9. The maximum Gasteiger partial charge on any atom is 0.295 e. The first-order chi connectivity index (χ1) is 14.7. The van der Waals surface area contributed by atoms with Crippen molar-refractivity contribution in [3.8, 4) is 0 Å². The van der Waals surface area contributed by atoms with Gasteiger partial charge in [-0.15, -0.1) is 0 Å². The highest BCUT2D eigenvalue weighted by atomic mass is 16.5. The minimum Gasteiger partial charge on any atom is -0.507 e. The van der Waals surface area contributed by atoms with Crippen LogP contribution in [-0.2, 0) is 14.3 Å². The molecule has 2 saturated heterocycles. The number of benzene rings is 2. The number of morpholine rings is 1. The molecule has 1 N–H and O–H groups in total. The van der Waals surface area contributed by atoms with E-state index in [4.69, 9.17) is 4.74 Å². The van der Waals surface area contributed by atoms with Crippen LogP contribution in [0.2, 0.25) is 0 Å². The highest BCUT2D eigenvalue weighted by molar-refractivity contribution is 6.46. The van der Waals surface area contributed by atoms with Gasteiger partial charge in [0.15, 0.2) is 0 Å². The van der Waals surface area contributed by atoms with Crippen LogP contribution in [-0.4, -0.2) is 66.0 Å². The van der Waals surface area contributed by atoms with Gasteiger partial charge in [0.25, 0.3) is 11.7 Å². The molecule has 2 aromatic carbocycles. The zero-order chi connectivity index (χ0) is 20.9. The van der Waals surface area contributed by atoms with Gasteiger partial charge in [0.1, 0.15) is 5.76 Å². The van der Waals surface area contributed by atoms with E-state index in [-0.39, 0.29) is 11.3 Å². The summed E-state index contributed by atoms with van der Waals surface area (Å²) in [6, 6.07) is 17.8. The molecule has 0 spiro atoms. The van der Waals surface area contributed by atoms with Gasteiger partial charge in [-0.05, 0) is 12.0 Å². The van der Waals surface area contributed by atoms with E-state index in [1.165, 1.54) is 0 Å². The molecule has 1 amide bonds. The lowest BCUT2D eigenvalue weighted by molar-refractivity contribution is -0.140. The third-order valence-electron chi connectivity index (χ3n) is 5.68. The topological polar surface area (TPSA) is 70.1 Å². The fourth-order valence-electron chi connectivity index (χ4n) is 4.13. The van der Waals surface area contributed by atoms with Crippen LogP contribution in [0.3, 0.4) is 0 Å². The van der Waals surface area contributed by atoms with Crippen LogP contribution >= 0.6 is 0 Å². The lowest BCUT2D eigenvalue weighted by Gasteiger charge is -2.29. The van der Waals surface area contributed by atoms with E-state index in [0.29, 0.717) is 12.1 Å². The Bertz CT molecular complexity index is 921. The van der Waals surface area contributed by atoms with Crippen LogP contribution < -0.4 is 0 Å². The summed E-state index contributed by atoms with van der Waals surface area (Å²) in [7, 11) is 0. The number of likely N-dealkylation sites (tertiary alicyclic amines) is 1. The SMILES string of the molecule is O=C1C(=O)N(CCCN2CCOCC2)C(c2ccccc2)/C1=C(/O)c1ccccc1. The van der Waals surface area contributed by atoms with Crippen LogP contribution in [0, 0.1) is 0 Å². The summed E-state index contributed by atoms with van der Waals surface area (Å²) in [5.41, 5.74) is 1.51. The van der Waals surface area contributed by atoms with Gasteiger partial charge in [-0.1, -0.05) is 60.7 Å². The van der Waals surface area contributed by atoms with Gasteiger partial charge in [-0.25, -0.2) is 0 Å². The number of ketones is 1. The molecule has 0 saturated carbocycles. The maximum absolute atomic E-state index is 12.9. The van der Waals surface area contributed by atoms with Gasteiger partial charge in [-0.3, -0.25) is 14.5 Å². The number of amides is 1. The third kappa shape index (κ3) is 4.15. The number of aliphatic hydroxyl groups excluding tert-OH is 1. The molecule has 156 valence electrons. The molecular weight excluding hydrogens is 380 g/mol. The second-order valence-electron chi connectivity index (χ2n) is 7.58. The van der Waals surface area contributed by atoms with E-state index in [1.807, 2.05) is 36.4 Å². The first-order valence-electron chi connectivity index (χ1n) is 10.4.